The number of carbonyl (C=O) groups excluding carboxylic acids is 1. The summed E-state index contributed by atoms with van der Waals surface area (Å²) in [5.41, 5.74) is 1.28. The van der Waals surface area contributed by atoms with Crippen LogP contribution in [0.2, 0.25) is 0 Å². The SMILES string of the molecule is CCOc1cc(NC(=S)NCCOC)c(OCC)cc1NC(=O)C1CC1. The van der Waals surface area contributed by atoms with Gasteiger partial charge in [-0.1, -0.05) is 0 Å². The number of amides is 1. The molecule has 0 heterocycles. The number of anilines is 2. The Labute approximate surface area is 159 Å². The predicted octanol–water partition coefficient (Wildman–Crippen LogP) is 2.77. The smallest absolute Gasteiger partial charge is 0.227 e. The second kappa shape index (κ2) is 10.2. The Morgan fingerprint density at radius 2 is 1.69 bits per heavy atom. The van der Waals surface area contributed by atoms with Gasteiger partial charge < -0.3 is 30.2 Å². The average Bonchev–Trinajstić information content (AvgIpc) is 3.44. The highest BCUT2D eigenvalue weighted by atomic mass is 32.1. The van der Waals surface area contributed by atoms with Crippen LogP contribution in [0.4, 0.5) is 11.4 Å². The van der Waals surface area contributed by atoms with Crippen LogP contribution in [0.25, 0.3) is 0 Å². The van der Waals surface area contributed by atoms with E-state index in [4.69, 9.17) is 26.4 Å². The minimum absolute atomic E-state index is 0.0193. The average molecular weight is 381 g/mol. The first-order valence-electron chi connectivity index (χ1n) is 8.87. The van der Waals surface area contributed by atoms with E-state index in [0.717, 1.165) is 12.8 Å². The molecule has 1 fully saturated rings. The summed E-state index contributed by atoms with van der Waals surface area (Å²) in [6.45, 7) is 5.92. The zero-order chi connectivity index (χ0) is 18.9. The number of benzene rings is 1. The number of thiocarbonyl (C=S) groups is 1. The molecule has 3 N–H and O–H groups in total. The van der Waals surface area contributed by atoms with Crippen LogP contribution in [0.5, 0.6) is 11.5 Å². The summed E-state index contributed by atoms with van der Waals surface area (Å²) in [7, 11) is 1.63. The molecule has 7 nitrogen and oxygen atoms in total. The van der Waals surface area contributed by atoms with Crippen molar-refractivity contribution in [1.82, 2.24) is 5.32 Å². The van der Waals surface area contributed by atoms with Gasteiger partial charge in [-0.05, 0) is 38.9 Å². The van der Waals surface area contributed by atoms with Crippen LogP contribution in [-0.2, 0) is 9.53 Å². The topological polar surface area (TPSA) is 80.8 Å². The number of hydrogen-bond acceptors (Lipinski definition) is 5. The van der Waals surface area contributed by atoms with Crippen LogP contribution in [0, 0.1) is 5.92 Å². The van der Waals surface area contributed by atoms with Crippen molar-refractivity contribution in [3.8, 4) is 11.5 Å². The van der Waals surface area contributed by atoms with Crippen molar-refractivity contribution in [3.05, 3.63) is 12.1 Å². The molecule has 0 aromatic heterocycles. The molecular formula is C18H27N3O4S. The van der Waals surface area contributed by atoms with Crippen molar-refractivity contribution in [3.63, 3.8) is 0 Å². The third-order valence-corrected chi connectivity index (χ3v) is 3.97. The van der Waals surface area contributed by atoms with Gasteiger partial charge in [0.25, 0.3) is 0 Å². The van der Waals surface area contributed by atoms with Gasteiger partial charge in [-0.15, -0.1) is 0 Å². The summed E-state index contributed by atoms with van der Waals surface area (Å²) in [5, 5.41) is 9.57. The molecule has 0 saturated heterocycles. The third kappa shape index (κ3) is 6.03. The molecule has 26 heavy (non-hydrogen) atoms. The summed E-state index contributed by atoms with van der Waals surface area (Å²) >= 11 is 5.30. The van der Waals surface area contributed by atoms with Crippen molar-refractivity contribution >= 4 is 34.6 Å². The maximum Gasteiger partial charge on any atom is 0.227 e. The van der Waals surface area contributed by atoms with Gasteiger partial charge in [0, 0.05) is 31.7 Å². The van der Waals surface area contributed by atoms with E-state index >= 15 is 0 Å². The van der Waals surface area contributed by atoms with Crippen LogP contribution in [-0.4, -0.2) is 44.5 Å². The van der Waals surface area contributed by atoms with E-state index in [1.807, 2.05) is 13.8 Å². The third-order valence-electron chi connectivity index (χ3n) is 3.73. The quantitative estimate of drug-likeness (QED) is 0.425. The molecule has 0 aliphatic heterocycles. The Balaban J connectivity index is 2.20. The van der Waals surface area contributed by atoms with Crippen LogP contribution >= 0.6 is 12.2 Å². The van der Waals surface area contributed by atoms with E-state index in [-0.39, 0.29) is 11.8 Å². The number of rotatable bonds is 10. The van der Waals surface area contributed by atoms with Gasteiger partial charge in [-0.3, -0.25) is 4.79 Å². The monoisotopic (exact) mass is 381 g/mol. The summed E-state index contributed by atoms with van der Waals surface area (Å²) in [5.74, 6) is 1.30. The van der Waals surface area contributed by atoms with Crippen molar-refractivity contribution < 1.29 is 19.0 Å². The molecular weight excluding hydrogens is 354 g/mol. The Morgan fingerprint density at radius 3 is 2.19 bits per heavy atom. The first-order chi connectivity index (χ1) is 12.6. The molecule has 0 unspecified atom stereocenters. The molecule has 1 saturated carbocycles. The molecule has 1 aromatic carbocycles. The molecule has 0 atom stereocenters. The normalized spacial score (nSPS) is 13.0. The van der Waals surface area contributed by atoms with E-state index in [0.29, 0.717) is 54.4 Å². The Bertz CT molecular complexity index is 635. The molecule has 1 aliphatic carbocycles. The van der Waals surface area contributed by atoms with E-state index < -0.39 is 0 Å². The van der Waals surface area contributed by atoms with Crippen molar-refractivity contribution in [2.75, 3.05) is 44.1 Å². The molecule has 0 spiro atoms. The van der Waals surface area contributed by atoms with Gasteiger partial charge in [-0.25, -0.2) is 0 Å². The van der Waals surface area contributed by atoms with Crippen LogP contribution in [0.1, 0.15) is 26.7 Å². The van der Waals surface area contributed by atoms with Crippen molar-refractivity contribution in [1.29, 1.82) is 0 Å². The van der Waals surface area contributed by atoms with E-state index in [2.05, 4.69) is 16.0 Å². The van der Waals surface area contributed by atoms with Gasteiger partial charge in [0.15, 0.2) is 5.11 Å². The number of hydrogen-bond donors (Lipinski definition) is 3. The van der Waals surface area contributed by atoms with Gasteiger partial charge in [0.2, 0.25) is 5.91 Å². The fourth-order valence-corrected chi connectivity index (χ4v) is 2.53. The summed E-state index contributed by atoms with van der Waals surface area (Å²) in [4.78, 5) is 12.1. The van der Waals surface area contributed by atoms with Gasteiger partial charge >= 0.3 is 0 Å². The number of ether oxygens (including phenoxy) is 3. The van der Waals surface area contributed by atoms with Crippen LogP contribution in [0.15, 0.2) is 12.1 Å². The first kappa shape index (κ1) is 20.3. The Kier molecular flexibility index (Phi) is 7.93. The predicted molar refractivity (Wildman–Crippen MR) is 106 cm³/mol. The lowest BCUT2D eigenvalue weighted by Crippen LogP contribution is -2.31. The summed E-state index contributed by atoms with van der Waals surface area (Å²) in [6, 6.07) is 3.57. The highest BCUT2D eigenvalue weighted by Gasteiger charge is 2.30. The molecule has 0 radical (unpaired) electrons. The molecule has 1 aliphatic rings. The Hall–Kier alpha value is -2.06. The van der Waals surface area contributed by atoms with Gasteiger partial charge in [0.1, 0.15) is 11.5 Å². The maximum absolute atomic E-state index is 12.1. The number of methoxy groups -OCH3 is 1. The minimum Gasteiger partial charge on any atom is -0.492 e. The number of carbonyl (C=O) groups is 1. The largest absolute Gasteiger partial charge is 0.492 e. The lowest BCUT2D eigenvalue weighted by atomic mass is 10.2. The highest BCUT2D eigenvalue weighted by Crippen LogP contribution is 2.38. The molecule has 1 aromatic rings. The molecule has 0 bridgehead atoms. The van der Waals surface area contributed by atoms with Gasteiger partial charge in [0.05, 0.1) is 31.2 Å². The highest BCUT2D eigenvalue weighted by molar-refractivity contribution is 7.80. The molecule has 1 amide bonds. The lowest BCUT2D eigenvalue weighted by Gasteiger charge is -2.19. The second-order valence-corrected chi connectivity index (χ2v) is 6.26. The van der Waals surface area contributed by atoms with Crippen molar-refractivity contribution in [2.24, 2.45) is 5.92 Å². The summed E-state index contributed by atoms with van der Waals surface area (Å²) < 4.78 is 16.4. The standard InChI is InChI=1S/C18H27N3O4S/c1-4-24-15-11-14(21-18(26)19-8-9-23-3)16(25-5-2)10-13(15)20-17(22)12-6-7-12/h10-12H,4-9H2,1-3H3,(H,20,22)(H2,19,21,26). The van der Waals surface area contributed by atoms with E-state index in [1.165, 1.54) is 0 Å². The lowest BCUT2D eigenvalue weighted by molar-refractivity contribution is -0.117. The molecule has 144 valence electrons. The fourth-order valence-electron chi connectivity index (χ4n) is 2.32. The second-order valence-electron chi connectivity index (χ2n) is 5.85. The van der Waals surface area contributed by atoms with Crippen LogP contribution in [0.3, 0.4) is 0 Å². The fraction of sp³-hybridized carbons (Fsp3) is 0.556. The minimum atomic E-state index is 0.0193. The molecule has 2 rings (SSSR count). The van der Waals surface area contributed by atoms with E-state index in [1.54, 1.807) is 19.2 Å². The maximum atomic E-state index is 12.1. The van der Waals surface area contributed by atoms with Gasteiger partial charge in [-0.2, -0.15) is 0 Å². The van der Waals surface area contributed by atoms with E-state index in [9.17, 15) is 4.79 Å². The number of nitrogens with one attached hydrogen (secondary N) is 3. The zero-order valence-corrected chi connectivity index (χ0v) is 16.3. The summed E-state index contributed by atoms with van der Waals surface area (Å²) in [6.07, 6.45) is 1.88. The van der Waals surface area contributed by atoms with Crippen molar-refractivity contribution in [2.45, 2.75) is 26.7 Å². The van der Waals surface area contributed by atoms with Crippen LogP contribution < -0.4 is 25.4 Å². The zero-order valence-electron chi connectivity index (χ0n) is 15.5. The first-order valence-corrected chi connectivity index (χ1v) is 9.28. The Morgan fingerprint density at radius 1 is 1.12 bits per heavy atom. The molecule has 8 heteroatoms.